The Bertz CT molecular complexity index is 553. The fourth-order valence-corrected chi connectivity index (χ4v) is 1.79. The Morgan fingerprint density at radius 1 is 1.05 bits per heavy atom. The Labute approximate surface area is 119 Å². The van der Waals surface area contributed by atoms with Crippen LogP contribution in [-0.4, -0.2) is 13.7 Å². The van der Waals surface area contributed by atoms with Gasteiger partial charge < -0.3 is 20.5 Å². The molecule has 0 bridgehead atoms. The number of rotatable bonds is 6. The number of anilines is 3. The standard InChI is InChI=1S/C16H20N2O2/c1-3-10-20-13-6-4-12(5-7-13)18-16-9-8-14(19-2)11-15(16)17/h4-9,11,18H,3,10,17H2,1-2H3. The lowest BCUT2D eigenvalue weighted by molar-refractivity contribution is 0.317. The summed E-state index contributed by atoms with van der Waals surface area (Å²) in [6.07, 6.45) is 1.00. The normalized spacial score (nSPS) is 10.1. The van der Waals surface area contributed by atoms with Gasteiger partial charge in [-0.15, -0.1) is 0 Å². The van der Waals surface area contributed by atoms with Crippen molar-refractivity contribution in [2.45, 2.75) is 13.3 Å². The Morgan fingerprint density at radius 3 is 2.35 bits per heavy atom. The van der Waals surface area contributed by atoms with E-state index in [0.717, 1.165) is 35.9 Å². The first-order valence-corrected chi connectivity index (χ1v) is 6.66. The molecule has 106 valence electrons. The van der Waals surface area contributed by atoms with Gasteiger partial charge in [-0.2, -0.15) is 0 Å². The van der Waals surface area contributed by atoms with Crippen molar-refractivity contribution in [3.63, 3.8) is 0 Å². The second kappa shape index (κ2) is 6.70. The zero-order valence-electron chi connectivity index (χ0n) is 11.8. The number of ether oxygens (including phenoxy) is 2. The molecule has 0 amide bonds. The fraction of sp³-hybridized carbons (Fsp3) is 0.250. The first-order valence-electron chi connectivity index (χ1n) is 6.66. The minimum atomic E-state index is 0.649. The molecule has 0 spiro atoms. The van der Waals surface area contributed by atoms with Gasteiger partial charge in [-0.3, -0.25) is 0 Å². The number of methoxy groups -OCH3 is 1. The molecule has 0 unspecified atom stereocenters. The Balaban J connectivity index is 2.06. The van der Waals surface area contributed by atoms with Crippen molar-refractivity contribution in [2.75, 3.05) is 24.8 Å². The van der Waals surface area contributed by atoms with Crippen LogP contribution in [0.25, 0.3) is 0 Å². The first kappa shape index (κ1) is 14.1. The molecule has 4 heteroatoms. The zero-order chi connectivity index (χ0) is 14.4. The molecule has 0 saturated carbocycles. The van der Waals surface area contributed by atoms with Crippen molar-refractivity contribution >= 4 is 17.1 Å². The van der Waals surface area contributed by atoms with Crippen molar-refractivity contribution < 1.29 is 9.47 Å². The van der Waals surface area contributed by atoms with Gasteiger partial charge in [0.25, 0.3) is 0 Å². The molecule has 3 N–H and O–H groups in total. The predicted molar refractivity (Wildman–Crippen MR) is 82.9 cm³/mol. The highest BCUT2D eigenvalue weighted by Gasteiger charge is 2.02. The van der Waals surface area contributed by atoms with E-state index in [1.54, 1.807) is 13.2 Å². The van der Waals surface area contributed by atoms with Crippen LogP contribution >= 0.6 is 0 Å². The summed E-state index contributed by atoms with van der Waals surface area (Å²) < 4.78 is 10.7. The number of nitrogens with one attached hydrogen (secondary N) is 1. The Morgan fingerprint density at radius 2 is 1.75 bits per heavy atom. The fourth-order valence-electron chi connectivity index (χ4n) is 1.79. The van der Waals surface area contributed by atoms with E-state index < -0.39 is 0 Å². The topological polar surface area (TPSA) is 56.5 Å². The van der Waals surface area contributed by atoms with Crippen molar-refractivity contribution in [2.24, 2.45) is 0 Å². The van der Waals surface area contributed by atoms with E-state index in [0.29, 0.717) is 5.69 Å². The van der Waals surface area contributed by atoms with Crippen LogP contribution in [0.4, 0.5) is 17.1 Å². The molecule has 0 aliphatic heterocycles. The van der Waals surface area contributed by atoms with Gasteiger partial charge in [0.05, 0.1) is 25.1 Å². The quantitative estimate of drug-likeness (QED) is 0.785. The number of nitrogen functional groups attached to an aromatic ring is 1. The van der Waals surface area contributed by atoms with Gasteiger partial charge in [0.1, 0.15) is 11.5 Å². The summed E-state index contributed by atoms with van der Waals surface area (Å²) >= 11 is 0. The summed E-state index contributed by atoms with van der Waals surface area (Å²) in [5.74, 6) is 1.62. The van der Waals surface area contributed by atoms with Gasteiger partial charge in [0.2, 0.25) is 0 Å². The molecule has 2 aromatic carbocycles. The largest absolute Gasteiger partial charge is 0.497 e. The van der Waals surface area contributed by atoms with Gasteiger partial charge in [-0.1, -0.05) is 6.92 Å². The minimum absolute atomic E-state index is 0.649. The van der Waals surface area contributed by atoms with Crippen molar-refractivity contribution in [1.29, 1.82) is 0 Å². The molecule has 2 aromatic rings. The maximum absolute atomic E-state index is 5.97. The lowest BCUT2D eigenvalue weighted by Gasteiger charge is -2.11. The third kappa shape index (κ3) is 3.57. The maximum atomic E-state index is 5.97. The molecule has 0 aliphatic carbocycles. The SMILES string of the molecule is CCCOc1ccc(Nc2ccc(OC)cc2N)cc1. The molecular weight excluding hydrogens is 252 g/mol. The van der Waals surface area contributed by atoms with Crippen molar-refractivity contribution in [1.82, 2.24) is 0 Å². The highest BCUT2D eigenvalue weighted by Crippen LogP contribution is 2.27. The van der Waals surface area contributed by atoms with E-state index in [9.17, 15) is 0 Å². The first-order chi connectivity index (χ1) is 9.72. The molecule has 0 aliphatic rings. The van der Waals surface area contributed by atoms with Gasteiger partial charge in [-0.25, -0.2) is 0 Å². The number of hydrogen-bond acceptors (Lipinski definition) is 4. The predicted octanol–water partition coefficient (Wildman–Crippen LogP) is 3.81. The highest BCUT2D eigenvalue weighted by molar-refractivity contribution is 5.74. The molecule has 20 heavy (non-hydrogen) atoms. The van der Waals surface area contributed by atoms with Crippen molar-refractivity contribution in [3.05, 3.63) is 42.5 Å². The van der Waals surface area contributed by atoms with E-state index in [1.807, 2.05) is 36.4 Å². The Kier molecular flexibility index (Phi) is 4.71. The molecule has 4 nitrogen and oxygen atoms in total. The summed E-state index contributed by atoms with van der Waals surface area (Å²) in [7, 11) is 1.62. The zero-order valence-corrected chi connectivity index (χ0v) is 11.8. The lowest BCUT2D eigenvalue weighted by atomic mass is 10.2. The van der Waals surface area contributed by atoms with E-state index in [-0.39, 0.29) is 0 Å². The molecule has 0 heterocycles. The summed E-state index contributed by atoms with van der Waals surface area (Å²) in [5, 5.41) is 3.27. The summed E-state index contributed by atoms with van der Waals surface area (Å²) in [4.78, 5) is 0. The molecule has 0 aromatic heterocycles. The number of hydrogen-bond donors (Lipinski definition) is 2. The maximum Gasteiger partial charge on any atom is 0.121 e. The molecule has 0 radical (unpaired) electrons. The Hall–Kier alpha value is -2.36. The highest BCUT2D eigenvalue weighted by atomic mass is 16.5. The second-order valence-corrected chi connectivity index (χ2v) is 4.45. The molecule has 2 rings (SSSR count). The van der Waals surface area contributed by atoms with Gasteiger partial charge in [0, 0.05) is 11.8 Å². The average Bonchev–Trinajstić information content (AvgIpc) is 2.48. The summed E-state index contributed by atoms with van der Waals surface area (Å²) in [5.41, 5.74) is 8.44. The van der Waals surface area contributed by atoms with Crippen LogP contribution in [0.3, 0.4) is 0 Å². The minimum Gasteiger partial charge on any atom is -0.497 e. The molecule has 0 saturated heterocycles. The van der Waals surface area contributed by atoms with Crippen LogP contribution in [0.1, 0.15) is 13.3 Å². The third-order valence-corrected chi connectivity index (χ3v) is 2.86. The summed E-state index contributed by atoms with van der Waals surface area (Å²) in [6.45, 7) is 2.82. The second-order valence-electron chi connectivity index (χ2n) is 4.45. The van der Waals surface area contributed by atoms with Crippen LogP contribution in [0.5, 0.6) is 11.5 Å². The number of nitrogens with two attached hydrogens (primary N) is 1. The smallest absolute Gasteiger partial charge is 0.121 e. The molecular formula is C16H20N2O2. The van der Waals surface area contributed by atoms with Crippen molar-refractivity contribution in [3.8, 4) is 11.5 Å². The average molecular weight is 272 g/mol. The summed E-state index contributed by atoms with van der Waals surface area (Å²) in [6, 6.07) is 13.4. The van der Waals surface area contributed by atoms with Gasteiger partial charge in [-0.05, 0) is 42.8 Å². The van der Waals surface area contributed by atoms with Crippen LogP contribution in [0, 0.1) is 0 Å². The molecule has 0 atom stereocenters. The number of benzene rings is 2. The van der Waals surface area contributed by atoms with Crippen LogP contribution in [0.15, 0.2) is 42.5 Å². The molecule has 0 fully saturated rings. The monoisotopic (exact) mass is 272 g/mol. The van der Waals surface area contributed by atoms with E-state index >= 15 is 0 Å². The van der Waals surface area contributed by atoms with Crippen LogP contribution < -0.4 is 20.5 Å². The van der Waals surface area contributed by atoms with Crippen LogP contribution in [-0.2, 0) is 0 Å². The van der Waals surface area contributed by atoms with E-state index in [4.69, 9.17) is 15.2 Å². The third-order valence-electron chi connectivity index (χ3n) is 2.86. The van der Waals surface area contributed by atoms with Gasteiger partial charge in [0.15, 0.2) is 0 Å². The van der Waals surface area contributed by atoms with Crippen LogP contribution in [0.2, 0.25) is 0 Å². The van der Waals surface area contributed by atoms with E-state index in [2.05, 4.69) is 12.2 Å². The lowest BCUT2D eigenvalue weighted by Crippen LogP contribution is -1.98. The van der Waals surface area contributed by atoms with Gasteiger partial charge >= 0.3 is 0 Å². The van der Waals surface area contributed by atoms with E-state index in [1.165, 1.54) is 0 Å².